The largest absolute Gasteiger partial charge is 0.508 e. The second-order valence-electron chi connectivity index (χ2n) is 22.1. The van der Waals surface area contributed by atoms with Gasteiger partial charge < -0.3 is 14.6 Å². The molecule has 4 bridgehead atoms. The Morgan fingerprint density at radius 3 is 1.72 bits per heavy atom. The molecule has 296 valence electrons. The quantitative estimate of drug-likeness (QED) is 0.149. The van der Waals surface area contributed by atoms with Crippen LogP contribution in [0.2, 0.25) is 0 Å². The monoisotopic (exact) mass is 735 g/mol. The average Bonchev–Trinajstić information content (AvgIpc) is 3.08. The summed E-state index contributed by atoms with van der Waals surface area (Å²) in [6, 6.07) is 28.0. The van der Waals surface area contributed by atoms with Crippen LogP contribution in [0.25, 0.3) is 0 Å². The van der Waals surface area contributed by atoms with E-state index in [0.717, 1.165) is 49.2 Å². The molecule has 0 aliphatic heterocycles. The summed E-state index contributed by atoms with van der Waals surface area (Å²) in [5.74, 6) is 4.68. The smallest absolute Gasteiger partial charge is 0.205 e. The van der Waals surface area contributed by atoms with E-state index in [4.69, 9.17) is 9.47 Å². The maximum Gasteiger partial charge on any atom is 0.205 e. The zero-order valence-electron chi connectivity index (χ0n) is 35.7. The van der Waals surface area contributed by atoms with Crippen molar-refractivity contribution in [3.05, 3.63) is 95.6 Å². The molecule has 0 spiro atoms. The Balaban J connectivity index is 1.17. The van der Waals surface area contributed by atoms with E-state index in [1.54, 1.807) is 0 Å². The second-order valence-corrected chi connectivity index (χ2v) is 22.1. The highest BCUT2D eigenvalue weighted by molar-refractivity contribution is 5.32. The number of phenolic OH excluding ortho intramolecular Hbond substituents is 1. The predicted molar refractivity (Wildman–Crippen MR) is 226 cm³/mol. The molecule has 3 aromatic rings. The molecule has 4 aliphatic carbocycles. The van der Waals surface area contributed by atoms with E-state index < -0.39 is 0 Å². The van der Waals surface area contributed by atoms with Gasteiger partial charge in [-0.1, -0.05) is 124 Å². The van der Waals surface area contributed by atoms with Gasteiger partial charge in [-0.15, -0.1) is 0 Å². The van der Waals surface area contributed by atoms with Gasteiger partial charge in [0.1, 0.15) is 11.5 Å². The van der Waals surface area contributed by atoms with Gasteiger partial charge in [0.05, 0.1) is 6.61 Å². The third kappa shape index (κ3) is 10.3. The maximum atomic E-state index is 9.98. The maximum absolute atomic E-state index is 9.98. The molecule has 0 amide bonds. The molecule has 0 radical (unpaired) electrons. The van der Waals surface area contributed by atoms with Crippen molar-refractivity contribution >= 4 is 0 Å². The van der Waals surface area contributed by atoms with Crippen molar-refractivity contribution in [2.24, 2.45) is 44.8 Å². The van der Waals surface area contributed by atoms with Crippen molar-refractivity contribution in [2.75, 3.05) is 6.61 Å². The first kappa shape index (κ1) is 40.9. The van der Waals surface area contributed by atoms with Crippen LogP contribution in [0.5, 0.6) is 11.5 Å². The Kier molecular flexibility index (Phi) is 12.1. The number of rotatable bonds is 16. The summed E-state index contributed by atoms with van der Waals surface area (Å²) in [4.78, 5) is 0. The number of ether oxygens (including phenoxy) is 2. The highest BCUT2D eigenvalue weighted by atomic mass is 16.7. The molecule has 3 atom stereocenters. The Morgan fingerprint density at radius 2 is 1.19 bits per heavy atom. The van der Waals surface area contributed by atoms with Crippen molar-refractivity contribution in [2.45, 2.75) is 158 Å². The number of phenols is 1. The van der Waals surface area contributed by atoms with Crippen LogP contribution in [0.3, 0.4) is 0 Å². The number of hydrogen-bond acceptors (Lipinski definition) is 3. The highest BCUT2D eigenvalue weighted by Gasteiger charge is 2.56. The Labute approximate surface area is 330 Å². The van der Waals surface area contributed by atoms with Crippen molar-refractivity contribution in [3.63, 3.8) is 0 Å². The molecule has 4 aliphatic rings. The summed E-state index contributed by atoms with van der Waals surface area (Å²) < 4.78 is 13.9. The lowest BCUT2D eigenvalue weighted by molar-refractivity contribution is -0.214. The SMILES string of the molecule is CC(C)(C)CC(c1ccc(OC(OCCc2ccccc2)C23CC4CC(CC(C4)C2)C3)cc1)C(C)(C)CCC(C)(C)CC(c1ccc(O)cc1)C(C)(C)C. The van der Waals surface area contributed by atoms with Crippen LogP contribution in [-0.2, 0) is 11.2 Å². The number of benzene rings is 3. The third-order valence-electron chi connectivity index (χ3n) is 13.9. The van der Waals surface area contributed by atoms with E-state index in [2.05, 4.69) is 136 Å². The minimum atomic E-state index is -0.192. The molecule has 3 heteroatoms. The zero-order valence-corrected chi connectivity index (χ0v) is 35.7. The molecule has 0 aromatic heterocycles. The Morgan fingerprint density at radius 1 is 0.648 bits per heavy atom. The van der Waals surface area contributed by atoms with Gasteiger partial charge in [0.15, 0.2) is 0 Å². The van der Waals surface area contributed by atoms with Crippen LogP contribution < -0.4 is 4.74 Å². The molecule has 0 saturated heterocycles. The lowest BCUT2D eigenvalue weighted by Crippen LogP contribution is -2.54. The van der Waals surface area contributed by atoms with Crippen LogP contribution in [0.4, 0.5) is 0 Å². The summed E-state index contributed by atoms with van der Waals surface area (Å²) in [5.41, 5.74) is 4.84. The van der Waals surface area contributed by atoms with Gasteiger partial charge in [-0.2, -0.15) is 0 Å². The molecular weight excluding hydrogens is 661 g/mol. The standard InChI is InChI=1S/C51H74O3/c1-47(2,3)34-45(50(9,10)26-25-49(7,8)35-44(48(4,5)6)40-16-20-42(52)21-17-40)41-18-22-43(23-19-41)54-46(53-27-24-36-14-12-11-13-15-36)51-31-37-28-38(32-51)30-39(29-37)33-51/h11-23,37-39,44-46,52H,24-35H2,1-10H3. The first-order valence-electron chi connectivity index (χ1n) is 21.5. The summed E-state index contributed by atoms with van der Waals surface area (Å²) in [6.45, 7) is 24.9. The van der Waals surface area contributed by atoms with Crippen LogP contribution in [0.15, 0.2) is 78.9 Å². The Hall–Kier alpha value is -2.78. The van der Waals surface area contributed by atoms with Gasteiger partial charge in [0.25, 0.3) is 0 Å². The summed E-state index contributed by atoms with van der Waals surface area (Å²) in [5, 5.41) is 9.98. The van der Waals surface area contributed by atoms with E-state index in [0.29, 0.717) is 24.2 Å². The van der Waals surface area contributed by atoms with E-state index >= 15 is 0 Å². The average molecular weight is 735 g/mol. The first-order chi connectivity index (χ1) is 25.3. The molecule has 4 saturated carbocycles. The molecule has 3 aromatic carbocycles. The van der Waals surface area contributed by atoms with Crippen LogP contribution in [-0.4, -0.2) is 18.0 Å². The van der Waals surface area contributed by atoms with Gasteiger partial charge >= 0.3 is 0 Å². The van der Waals surface area contributed by atoms with Crippen molar-refractivity contribution in [1.29, 1.82) is 0 Å². The number of hydrogen-bond donors (Lipinski definition) is 1. The minimum absolute atomic E-state index is 0.116. The molecular formula is C51H74O3. The van der Waals surface area contributed by atoms with Crippen LogP contribution in [0, 0.1) is 44.8 Å². The molecule has 3 nitrogen and oxygen atoms in total. The fourth-order valence-electron chi connectivity index (χ4n) is 11.2. The van der Waals surface area contributed by atoms with Gasteiger partial charge in [0, 0.05) is 5.41 Å². The molecule has 3 unspecified atom stereocenters. The van der Waals surface area contributed by atoms with E-state index in [9.17, 15) is 5.11 Å². The topological polar surface area (TPSA) is 38.7 Å². The van der Waals surface area contributed by atoms with E-state index in [1.807, 2.05) is 12.1 Å². The first-order valence-corrected chi connectivity index (χ1v) is 21.5. The zero-order chi connectivity index (χ0) is 38.9. The summed E-state index contributed by atoms with van der Waals surface area (Å²) >= 11 is 0. The molecule has 7 rings (SSSR count). The van der Waals surface area contributed by atoms with Crippen LogP contribution in [0.1, 0.15) is 162 Å². The van der Waals surface area contributed by atoms with Gasteiger partial charge in [0.2, 0.25) is 6.29 Å². The Bertz CT molecular complexity index is 1580. The second kappa shape index (κ2) is 16.0. The van der Waals surface area contributed by atoms with E-state index in [-0.39, 0.29) is 33.4 Å². The molecule has 4 fully saturated rings. The van der Waals surface area contributed by atoms with Crippen molar-refractivity contribution in [1.82, 2.24) is 0 Å². The van der Waals surface area contributed by atoms with Gasteiger partial charge in [-0.05, 0) is 163 Å². The third-order valence-corrected chi connectivity index (χ3v) is 13.9. The predicted octanol–water partition coefficient (Wildman–Crippen LogP) is 14.1. The minimum Gasteiger partial charge on any atom is -0.508 e. The summed E-state index contributed by atoms with van der Waals surface area (Å²) in [7, 11) is 0. The molecule has 54 heavy (non-hydrogen) atoms. The van der Waals surface area contributed by atoms with Crippen molar-refractivity contribution < 1.29 is 14.6 Å². The van der Waals surface area contributed by atoms with Gasteiger partial charge in [-0.3, -0.25) is 0 Å². The number of aromatic hydroxyl groups is 1. The summed E-state index contributed by atoms with van der Waals surface area (Å²) in [6.07, 6.45) is 13.3. The fourth-order valence-corrected chi connectivity index (χ4v) is 11.2. The molecule has 1 N–H and O–H groups in total. The van der Waals surface area contributed by atoms with Crippen molar-refractivity contribution in [3.8, 4) is 11.5 Å². The van der Waals surface area contributed by atoms with E-state index in [1.165, 1.54) is 61.6 Å². The molecule has 0 heterocycles. The highest BCUT2D eigenvalue weighted by Crippen LogP contribution is 2.62. The van der Waals surface area contributed by atoms with Crippen LogP contribution >= 0.6 is 0 Å². The fraction of sp³-hybridized carbons (Fsp3) is 0.647. The lowest BCUT2D eigenvalue weighted by atomic mass is 9.49. The van der Waals surface area contributed by atoms with Gasteiger partial charge in [-0.25, -0.2) is 0 Å². The normalized spacial score (nSPS) is 24.7. The lowest BCUT2D eigenvalue weighted by Gasteiger charge is -2.58.